The molecule has 0 fully saturated rings. The highest BCUT2D eigenvalue weighted by Crippen LogP contribution is 2.43. The molecule has 0 amide bonds. The van der Waals surface area contributed by atoms with Gasteiger partial charge in [0.2, 0.25) is 0 Å². The molecule has 316 valence electrons. The molecule has 8 aromatic carbocycles. The summed E-state index contributed by atoms with van der Waals surface area (Å²) < 4.78 is 0. The van der Waals surface area contributed by atoms with Crippen LogP contribution in [0, 0.1) is 27.7 Å². The van der Waals surface area contributed by atoms with E-state index >= 15 is 0 Å². The van der Waals surface area contributed by atoms with Crippen LogP contribution in [0.1, 0.15) is 67.0 Å². The first-order chi connectivity index (χ1) is 31.8. The third kappa shape index (κ3) is 9.43. The van der Waals surface area contributed by atoms with Crippen molar-refractivity contribution in [1.82, 2.24) is 4.98 Å². The van der Waals surface area contributed by atoms with Crippen molar-refractivity contribution in [2.75, 3.05) is 4.90 Å². The van der Waals surface area contributed by atoms with Crippen molar-refractivity contribution in [3.8, 4) is 0 Å². The Hall–Kier alpha value is -7.85. The average Bonchev–Trinajstić information content (AvgIpc) is 3.34. The minimum Gasteiger partial charge on any atom is -0.392 e. The number of aliphatic hydroxyl groups excluding tert-OH is 1. The van der Waals surface area contributed by atoms with Gasteiger partial charge in [0.05, 0.1) is 18.0 Å². The van der Waals surface area contributed by atoms with Gasteiger partial charge in [0.15, 0.2) is 0 Å². The van der Waals surface area contributed by atoms with Gasteiger partial charge < -0.3 is 10.0 Å². The van der Waals surface area contributed by atoms with Crippen LogP contribution < -0.4 is 4.90 Å². The van der Waals surface area contributed by atoms with Gasteiger partial charge >= 0.3 is 0 Å². The number of fused-ring (bicyclic) bond motifs is 1. The number of hydrogen-bond acceptors (Lipinski definition) is 3. The molecule has 3 heteroatoms. The summed E-state index contributed by atoms with van der Waals surface area (Å²) in [5.74, 6) is 0. The monoisotopic (exact) mass is 840 g/mol. The third-order valence-electron chi connectivity index (χ3n) is 12.1. The Labute approximate surface area is 383 Å². The van der Waals surface area contributed by atoms with E-state index in [1.165, 1.54) is 27.8 Å². The summed E-state index contributed by atoms with van der Waals surface area (Å²) in [4.78, 5) is 7.39. The van der Waals surface area contributed by atoms with Crippen molar-refractivity contribution in [3.05, 3.63) is 285 Å². The maximum atomic E-state index is 10.1. The van der Waals surface area contributed by atoms with Crippen LogP contribution in [0.5, 0.6) is 0 Å². The predicted octanol–water partition coefficient (Wildman–Crippen LogP) is 15.6. The van der Waals surface area contributed by atoms with Gasteiger partial charge in [-0.2, -0.15) is 0 Å². The van der Waals surface area contributed by atoms with Crippen molar-refractivity contribution < 1.29 is 5.11 Å². The Balaban J connectivity index is 1.19. The lowest BCUT2D eigenvalue weighted by Crippen LogP contribution is -2.12. The molecular formula is C62H52N2O. The predicted molar refractivity (Wildman–Crippen MR) is 275 cm³/mol. The zero-order valence-electron chi connectivity index (χ0n) is 37.4. The zero-order chi connectivity index (χ0) is 44.7. The summed E-state index contributed by atoms with van der Waals surface area (Å²) in [7, 11) is 0. The summed E-state index contributed by atoms with van der Waals surface area (Å²) in [5, 5.41) is 12.4. The van der Waals surface area contributed by atoms with Crippen molar-refractivity contribution in [2.24, 2.45) is 0 Å². The highest BCUT2D eigenvalue weighted by molar-refractivity contribution is 6.06. The van der Waals surface area contributed by atoms with E-state index in [9.17, 15) is 5.11 Å². The van der Waals surface area contributed by atoms with Gasteiger partial charge in [0.25, 0.3) is 0 Å². The lowest BCUT2D eigenvalue weighted by atomic mass is 9.92. The van der Waals surface area contributed by atoms with E-state index in [1.54, 1.807) is 0 Å². The molecule has 0 saturated carbocycles. The highest BCUT2D eigenvalue weighted by Gasteiger charge is 2.20. The topological polar surface area (TPSA) is 36.4 Å². The van der Waals surface area contributed by atoms with Gasteiger partial charge in [0.1, 0.15) is 0 Å². The molecule has 1 heterocycles. The first-order valence-corrected chi connectivity index (χ1v) is 22.3. The maximum absolute atomic E-state index is 10.1. The van der Waals surface area contributed by atoms with Gasteiger partial charge in [-0.05, 0) is 131 Å². The minimum atomic E-state index is -0.0170. The van der Waals surface area contributed by atoms with Crippen LogP contribution in [0.4, 0.5) is 17.1 Å². The van der Waals surface area contributed by atoms with E-state index < -0.39 is 0 Å². The van der Waals surface area contributed by atoms with Gasteiger partial charge in [-0.25, -0.2) is 0 Å². The molecule has 0 aliphatic rings. The Morgan fingerprint density at radius 2 is 0.985 bits per heavy atom. The second-order valence-electron chi connectivity index (χ2n) is 16.7. The number of nitrogens with zero attached hydrogens (tertiary/aromatic N) is 2. The summed E-state index contributed by atoms with van der Waals surface area (Å²) in [6.45, 7) is 8.41. The van der Waals surface area contributed by atoms with Gasteiger partial charge in [-0.1, -0.05) is 193 Å². The smallest absolute Gasteiger partial charge is 0.0711 e. The Morgan fingerprint density at radius 1 is 0.462 bits per heavy atom. The molecule has 0 radical (unpaired) electrons. The molecular weight excluding hydrogens is 789 g/mol. The van der Waals surface area contributed by atoms with E-state index in [2.05, 4.69) is 238 Å². The second kappa shape index (κ2) is 19.3. The SMILES string of the molecule is Cc1ccc(C(=Cc2ccc(N(c3ccc(/C(=C/C=C(c4ccccc4)c4ccccc4)c4cccc(C)n4)cc3)c3ccc(CO)cc3C)c3ccccc23)c2ccc(C)cc2)cc1. The number of pyridine rings is 1. The molecule has 1 N–H and O–H groups in total. The van der Waals surface area contributed by atoms with Crippen molar-refractivity contribution >= 4 is 50.6 Å². The average molecular weight is 841 g/mol. The number of hydrogen-bond donors (Lipinski definition) is 1. The summed E-state index contributed by atoms with van der Waals surface area (Å²) in [5.41, 5.74) is 19.6. The summed E-state index contributed by atoms with van der Waals surface area (Å²) in [6.07, 6.45) is 6.77. The number of benzene rings is 8. The molecule has 0 spiro atoms. The van der Waals surface area contributed by atoms with E-state index in [1.807, 2.05) is 19.1 Å². The fourth-order valence-corrected chi connectivity index (χ4v) is 8.63. The van der Waals surface area contributed by atoms with Crippen LogP contribution >= 0.6 is 0 Å². The Kier molecular flexibility index (Phi) is 12.6. The minimum absolute atomic E-state index is 0.0170. The number of allylic oxidation sites excluding steroid dienone is 2. The van der Waals surface area contributed by atoms with Crippen LogP contribution in [0.3, 0.4) is 0 Å². The highest BCUT2D eigenvalue weighted by atomic mass is 16.3. The van der Waals surface area contributed by atoms with Crippen molar-refractivity contribution in [1.29, 1.82) is 0 Å². The third-order valence-corrected chi connectivity index (χ3v) is 12.1. The first-order valence-electron chi connectivity index (χ1n) is 22.3. The molecule has 65 heavy (non-hydrogen) atoms. The van der Waals surface area contributed by atoms with Gasteiger partial charge in [0, 0.05) is 28.0 Å². The van der Waals surface area contributed by atoms with E-state index in [0.717, 1.165) is 83.7 Å². The molecule has 1 aromatic heterocycles. The van der Waals surface area contributed by atoms with Crippen LogP contribution in [0.15, 0.2) is 218 Å². The van der Waals surface area contributed by atoms with Crippen LogP contribution in [0.25, 0.3) is 33.6 Å². The fraction of sp³-hybridized carbons (Fsp3) is 0.0806. The van der Waals surface area contributed by atoms with Crippen molar-refractivity contribution in [3.63, 3.8) is 0 Å². The lowest BCUT2D eigenvalue weighted by molar-refractivity contribution is 0.282. The van der Waals surface area contributed by atoms with E-state index in [4.69, 9.17) is 4.98 Å². The molecule has 0 aliphatic carbocycles. The summed E-state index contributed by atoms with van der Waals surface area (Å²) >= 11 is 0. The number of rotatable bonds is 12. The molecule has 3 nitrogen and oxygen atoms in total. The lowest BCUT2D eigenvalue weighted by Gasteiger charge is -2.29. The second-order valence-corrected chi connectivity index (χ2v) is 16.7. The quantitative estimate of drug-likeness (QED) is 0.0983. The maximum Gasteiger partial charge on any atom is 0.0711 e. The van der Waals surface area contributed by atoms with E-state index in [0.29, 0.717) is 0 Å². The van der Waals surface area contributed by atoms with Crippen LogP contribution in [-0.2, 0) is 6.61 Å². The number of aryl methyl sites for hydroxylation is 4. The number of aliphatic hydroxyl groups is 1. The number of aromatic nitrogens is 1. The fourth-order valence-electron chi connectivity index (χ4n) is 8.63. The zero-order valence-corrected chi connectivity index (χ0v) is 37.4. The largest absolute Gasteiger partial charge is 0.392 e. The molecule has 0 saturated heterocycles. The van der Waals surface area contributed by atoms with E-state index in [-0.39, 0.29) is 6.61 Å². The van der Waals surface area contributed by atoms with Gasteiger partial charge in [-0.3, -0.25) is 4.98 Å². The first kappa shape index (κ1) is 42.5. The number of anilines is 3. The van der Waals surface area contributed by atoms with Crippen LogP contribution in [0.2, 0.25) is 0 Å². The molecule has 9 aromatic rings. The summed E-state index contributed by atoms with van der Waals surface area (Å²) in [6, 6.07) is 73.3. The molecule has 0 atom stereocenters. The normalized spacial score (nSPS) is 11.3. The van der Waals surface area contributed by atoms with Gasteiger partial charge in [-0.15, -0.1) is 0 Å². The standard InChI is InChI=1S/C62H52N2O/c1-43-22-27-51(28-23-43)59(52-29-24-44(2)25-30-52)41-53-33-39-62(58-20-12-11-19-56(53)58)64(61-38-26-47(42-65)40-45(61)3)54-34-31-50(32-35-54)57(60-21-13-14-46(4)63-60)37-36-55(48-15-7-5-8-16-48)49-17-9-6-10-18-49/h5-41,65H,42H2,1-4H3/b57-37-. The molecule has 0 aliphatic heterocycles. The Bertz CT molecular complexity index is 3090. The molecule has 9 rings (SSSR count). The molecule has 0 bridgehead atoms. The molecule has 0 unspecified atom stereocenters. The Morgan fingerprint density at radius 3 is 1.57 bits per heavy atom. The van der Waals surface area contributed by atoms with Crippen molar-refractivity contribution in [2.45, 2.75) is 34.3 Å². The van der Waals surface area contributed by atoms with Crippen LogP contribution in [-0.4, -0.2) is 10.1 Å².